The summed E-state index contributed by atoms with van der Waals surface area (Å²) in [4.78, 5) is 24.8. The lowest BCUT2D eigenvalue weighted by Crippen LogP contribution is -2.45. The highest BCUT2D eigenvalue weighted by Gasteiger charge is 2.27. The van der Waals surface area contributed by atoms with Crippen LogP contribution in [0.15, 0.2) is 18.2 Å². The second-order valence-electron chi connectivity index (χ2n) is 10.2. The van der Waals surface area contributed by atoms with Crippen LogP contribution in [0.1, 0.15) is 84.8 Å². The topological polar surface area (TPSA) is 73.9 Å². The summed E-state index contributed by atoms with van der Waals surface area (Å²) in [5.41, 5.74) is 1.63. The van der Waals surface area contributed by atoms with Crippen LogP contribution < -0.4 is 10.1 Å². The fourth-order valence-corrected chi connectivity index (χ4v) is 3.41. The quantitative estimate of drug-likeness (QED) is 0.385. The van der Waals surface area contributed by atoms with Crippen LogP contribution in [0.2, 0.25) is 0 Å². The summed E-state index contributed by atoms with van der Waals surface area (Å²) >= 11 is 0. The van der Waals surface area contributed by atoms with Gasteiger partial charge in [-0.2, -0.15) is 0 Å². The van der Waals surface area contributed by atoms with Crippen LogP contribution in [0.25, 0.3) is 0 Å². The highest BCUT2D eigenvalue weighted by molar-refractivity contribution is 5.81. The van der Waals surface area contributed by atoms with Gasteiger partial charge in [0.15, 0.2) is 0 Å². The standard InChI is InChI=1S/C25H39NO5/c1-16(2)13-21(26-24(28)31-25(5,6)7)23(27)30-15-29-22-19(14-18-11-12-18)9-8-10-20(22)17(3)4/h8-10,16-18,21H,11-15H2,1-7H3,(H,26,28)/t21-/m0/s1. The third-order valence-electron chi connectivity index (χ3n) is 5.04. The van der Waals surface area contributed by atoms with Gasteiger partial charge in [0.05, 0.1) is 0 Å². The molecule has 1 aliphatic carbocycles. The highest BCUT2D eigenvalue weighted by Crippen LogP contribution is 2.38. The fraction of sp³-hybridized carbons (Fsp3) is 0.680. The molecule has 1 aromatic carbocycles. The Hall–Kier alpha value is -2.24. The molecule has 0 aromatic heterocycles. The maximum atomic E-state index is 12.7. The first-order valence-electron chi connectivity index (χ1n) is 11.4. The van der Waals surface area contributed by atoms with Crippen LogP contribution in [0.5, 0.6) is 5.75 Å². The van der Waals surface area contributed by atoms with Gasteiger partial charge in [0, 0.05) is 0 Å². The van der Waals surface area contributed by atoms with Gasteiger partial charge in [-0.3, -0.25) is 0 Å². The van der Waals surface area contributed by atoms with Crippen LogP contribution in [0.3, 0.4) is 0 Å². The van der Waals surface area contributed by atoms with Gasteiger partial charge >= 0.3 is 12.1 Å². The van der Waals surface area contributed by atoms with Gasteiger partial charge in [-0.1, -0.05) is 45.9 Å². The van der Waals surface area contributed by atoms with E-state index in [1.165, 1.54) is 12.8 Å². The predicted octanol–water partition coefficient (Wildman–Crippen LogP) is 5.58. The number of benzene rings is 1. The van der Waals surface area contributed by atoms with E-state index in [9.17, 15) is 9.59 Å². The van der Waals surface area contributed by atoms with E-state index >= 15 is 0 Å². The smallest absolute Gasteiger partial charge is 0.408 e. The molecule has 1 N–H and O–H groups in total. The summed E-state index contributed by atoms with van der Waals surface area (Å²) in [6.45, 7) is 13.4. The third-order valence-corrected chi connectivity index (χ3v) is 5.04. The van der Waals surface area contributed by atoms with Crippen molar-refractivity contribution in [3.05, 3.63) is 29.3 Å². The number of carbonyl (C=O) groups excluding carboxylic acids is 2. The molecule has 1 aromatic rings. The molecule has 1 aliphatic rings. The molecule has 0 heterocycles. The molecule has 0 unspecified atom stereocenters. The maximum absolute atomic E-state index is 12.7. The van der Waals surface area contributed by atoms with Gasteiger partial charge < -0.3 is 19.5 Å². The molecule has 0 aliphatic heterocycles. The number of alkyl carbamates (subject to hydrolysis) is 1. The van der Waals surface area contributed by atoms with Crippen LogP contribution >= 0.6 is 0 Å². The minimum absolute atomic E-state index is 0.190. The van der Waals surface area contributed by atoms with Crippen molar-refractivity contribution >= 4 is 12.1 Å². The monoisotopic (exact) mass is 433 g/mol. The number of amides is 1. The maximum Gasteiger partial charge on any atom is 0.408 e. The summed E-state index contributed by atoms with van der Waals surface area (Å²) in [6.07, 6.45) is 3.32. The average molecular weight is 434 g/mol. The molecule has 31 heavy (non-hydrogen) atoms. The van der Waals surface area contributed by atoms with Gasteiger partial charge in [0.2, 0.25) is 6.79 Å². The van der Waals surface area contributed by atoms with Gasteiger partial charge in [-0.25, -0.2) is 9.59 Å². The molecular weight excluding hydrogens is 394 g/mol. The van der Waals surface area contributed by atoms with Crippen molar-refractivity contribution in [1.29, 1.82) is 0 Å². The molecule has 0 radical (unpaired) electrons. The molecule has 6 heteroatoms. The van der Waals surface area contributed by atoms with Crippen molar-refractivity contribution in [3.63, 3.8) is 0 Å². The third kappa shape index (κ3) is 8.80. The zero-order valence-corrected chi connectivity index (χ0v) is 20.1. The molecule has 2 rings (SSSR count). The van der Waals surface area contributed by atoms with Crippen LogP contribution in [-0.4, -0.2) is 30.5 Å². The molecule has 0 spiro atoms. The Morgan fingerprint density at radius 1 is 1.13 bits per heavy atom. The van der Waals surface area contributed by atoms with Gasteiger partial charge in [-0.05, 0) is 75.3 Å². The minimum atomic E-state index is -0.787. The van der Waals surface area contributed by atoms with E-state index in [0.717, 1.165) is 29.2 Å². The minimum Gasteiger partial charge on any atom is -0.457 e. The molecule has 1 amide bonds. The highest BCUT2D eigenvalue weighted by atomic mass is 16.7. The first-order chi connectivity index (χ1) is 14.5. The molecule has 0 saturated heterocycles. The van der Waals surface area contributed by atoms with E-state index in [1.807, 2.05) is 13.8 Å². The SMILES string of the molecule is CC(C)C[C@H](NC(=O)OC(C)(C)C)C(=O)OCOc1c(CC2CC2)cccc1C(C)C. The van der Waals surface area contributed by atoms with Crippen LogP contribution in [-0.2, 0) is 20.7 Å². The normalized spacial score (nSPS) is 15.0. The zero-order chi connectivity index (χ0) is 23.2. The molecule has 1 saturated carbocycles. The van der Waals surface area contributed by atoms with E-state index in [-0.39, 0.29) is 12.7 Å². The van der Waals surface area contributed by atoms with Crippen LogP contribution in [0.4, 0.5) is 4.79 Å². The number of hydrogen-bond donors (Lipinski definition) is 1. The lowest BCUT2D eigenvalue weighted by Gasteiger charge is -2.24. The lowest BCUT2D eigenvalue weighted by atomic mass is 9.97. The number of para-hydroxylation sites is 1. The van der Waals surface area contributed by atoms with Crippen molar-refractivity contribution in [2.45, 2.75) is 91.7 Å². The van der Waals surface area contributed by atoms with Crippen molar-refractivity contribution in [3.8, 4) is 5.75 Å². The van der Waals surface area contributed by atoms with Crippen molar-refractivity contribution in [2.75, 3.05) is 6.79 Å². The first kappa shape index (κ1) is 25.0. The Morgan fingerprint density at radius 3 is 2.35 bits per heavy atom. The van der Waals surface area contributed by atoms with E-state index in [1.54, 1.807) is 20.8 Å². The Morgan fingerprint density at radius 2 is 1.81 bits per heavy atom. The van der Waals surface area contributed by atoms with E-state index in [4.69, 9.17) is 14.2 Å². The molecular formula is C25H39NO5. The number of esters is 1. The Labute approximate surface area is 187 Å². The second kappa shape index (κ2) is 10.9. The Kier molecular flexibility index (Phi) is 8.78. The fourth-order valence-electron chi connectivity index (χ4n) is 3.41. The summed E-state index contributed by atoms with van der Waals surface area (Å²) in [6, 6.07) is 5.43. The van der Waals surface area contributed by atoms with E-state index in [2.05, 4.69) is 37.4 Å². The second-order valence-corrected chi connectivity index (χ2v) is 10.2. The van der Waals surface area contributed by atoms with Crippen LogP contribution in [0, 0.1) is 11.8 Å². The molecule has 6 nitrogen and oxygen atoms in total. The van der Waals surface area contributed by atoms with Gasteiger partial charge in [0.25, 0.3) is 0 Å². The number of ether oxygens (including phenoxy) is 3. The number of carbonyl (C=O) groups is 2. The molecule has 174 valence electrons. The average Bonchev–Trinajstić information content (AvgIpc) is 3.44. The van der Waals surface area contributed by atoms with E-state index in [0.29, 0.717) is 12.3 Å². The number of nitrogens with one attached hydrogen (secondary N) is 1. The predicted molar refractivity (Wildman–Crippen MR) is 121 cm³/mol. The summed E-state index contributed by atoms with van der Waals surface area (Å²) in [5, 5.41) is 2.64. The van der Waals surface area contributed by atoms with Crippen molar-refractivity contribution < 1.29 is 23.8 Å². The largest absolute Gasteiger partial charge is 0.457 e. The summed E-state index contributed by atoms with van der Waals surface area (Å²) in [7, 11) is 0. The van der Waals surface area contributed by atoms with Crippen molar-refractivity contribution in [2.24, 2.45) is 11.8 Å². The summed E-state index contributed by atoms with van der Waals surface area (Å²) in [5.74, 6) is 1.51. The molecule has 0 bridgehead atoms. The molecule has 1 fully saturated rings. The van der Waals surface area contributed by atoms with E-state index < -0.39 is 23.7 Å². The first-order valence-corrected chi connectivity index (χ1v) is 11.4. The van der Waals surface area contributed by atoms with Crippen molar-refractivity contribution in [1.82, 2.24) is 5.32 Å². The van der Waals surface area contributed by atoms with Gasteiger partial charge in [-0.15, -0.1) is 0 Å². The van der Waals surface area contributed by atoms with Gasteiger partial charge in [0.1, 0.15) is 17.4 Å². The Balaban J connectivity index is 2.01. The number of hydrogen-bond acceptors (Lipinski definition) is 5. The lowest BCUT2D eigenvalue weighted by molar-refractivity contribution is -0.153. The zero-order valence-electron chi connectivity index (χ0n) is 20.1. The molecule has 1 atom stereocenters. The number of rotatable bonds is 10. The summed E-state index contributed by atoms with van der Waals surface area (Å²) < 4.78 is 16.7. The Bertz CT molecular complexity index is 747.